The van der Waals surface area contributed by atoms with E-state index in [0.29, 0.717) is 6.04 Å². The third-order valence-corrected chi connectivity index (χ3v) is 3.80. The molecule has 106 valence electrons. The summed E-state index contributed by atoms with van der Waals surface area (Å²) in [4.78, 5) is 2.14. The molecule has 1 fully saturated rings. The Morgan fingerprint density at radius 3 is 2.84 bits per heavy atom. The van der Waals surface area contributed by atoms with Gasteiger partial charge in [-0.25, -0.2) is 0 Å². The van der Waals surface area contributed by atoms with E-state index in [4.69, 9.17) is 11.6 Å². The number of nitrogens with zero attached hydrogens (tertiary/aromatic N) is 1. The number of benzene rings is 1. The zero-order valence-corrected chi connectivity index (χ0v) is 12.5. The van der Waals surface area contributed by atoms with E-state index in [9.17, 15) is 5.11 Å². The molecule has 19 heavy (non-hydrogen) atoms. The van der Waals surface area contributed by atoms with Gasteiger partial charge in [-0.3, -0.25) is 0 Å². The molecule has 0 aromatic heterocycles. The Bertz CT molecular complexity index is 419. The molecule has 3 nitrogen and oxygen atoms in total. The number of para-hydroxylation sites is 1. The van der Waals surface area contributed by atoms with E-state index < -0.39 is 0 Å². The highest BCUT2D eigenvalue weighted by atomic mass is 35.5. The molecule has 1 aliphatic carbocycles. The van der Waals surface area contributed by atoms with Crippen LogP contribution >= 0.6 is 11.6 Å². The summed E-state index contributed by atoms with van der Waals surface area (Å²) in [6, 6.07) is 6.74. The number of nitrogens with one attached hydrogen (secondary N) is 1. The van der Waals surface area contributed by atoms with E-state index in [1.165, 1.54) is 18.4 Å². The van der Waals surface area contributed by atoms with Crippen LogP contribution in [0.15, 0.2) is 18.2 Å². The van der Waals surface area contributed by atoms with Crippen LogP contribution in [-0.2, 0) is 6.54 Å². The summed E-state index contributed by atoms with van der Waals surface area (Å²) in [7, 11) is 2.03. The van der Waals surface area contributed by atoms with Gasteiger partial charge in [-0.1, -0.05) is 23.7 Å². The molecule has 0 amide bonds. The molecule has 1 aromatic carbocycles. The fraction of sp³-hybridized carbons (Fsp3) is 0.600. The van der Waals surface area contributed by atoms with Gasteiger partial charge in [-0.05, 0) is 37.8 Å². The lowest BCUT2D eigenvalue weighted by Gasteiger charge is -2.24. The maximum Gasteiger partial charge on any atom is 0.0642 e. The van der Waals surface area contributed by atoms with Gasteiger partial charge in [0.1, 0.15) is 0 Å². The predicted octanol–water partition coefficient (Wildman–Crippen LogP) is 2.80. The van der Waals surface area contributed by atoms with Gasteiger partial charge in [0, 0.05) is 26.2 Å². The molecule has 0 aliphatic heterocycles. The molecule has 2 rings (SSSR count). The lowest BCUT2D eigenvalue weighted by Crippen LogP contribution is -2.25. The van der Waals surface area contributed by atoms with E-state index in [-0.39, 0.29) is 6.10 Å². The highest BCUT2D eigenvalue weighted by molar-refractivity contribution is 6.33. The van der Waals surface area contributed by atoms with E-state index in [2.05, 4.69) is 16.3 Å². The minimum atomic E-state index is -0.280. The van der Waals surface area contributed by atoms with Crippen molar-refractivity contribution in [1.82, 2.24) is 5.32 Å². The summed E-state index contributed by atoms with van der Waals surface area (Å²) in [5.41, 5.74) is 2.31. The SMILES string of the molecule is CC(O)CCN(C)c1c(Cl)cccc1CNC1CC1. The molecule has 1 aromatic rings. The molecule has 2 N–H and O–H groups in total. The van der Waals surface area contributed by atoms with Crippen LogP contribution in [0.1, 0.15) is 31.7 Å². The van der Waals surface area contributed by atoms with Crippen molar-refractivity contribution < 1.29 is 5.11 Å². The molecule has 0 radical (unpaired) electrons. The van der Waals surface area contributed by atoms with Crippen LogP contribution < -0.4 is 10.2 Å². The number of halogens is 1. The van der Waals surface area contributed by atoms with Gasteiger partial charge in [0.2, 0.25) is 0 Å². The maximum absolute atomic E-state index is 9.40. The first-order chi connectivity index (χ1) is 9.08. The van der Waals surface area contributed by atoms with Crippen molar-refractivity contribution in [1.29, 1.82) is 0 Å². The lowest BCUT2D eigenvalue weighted by molar-refractivity contribution is 0.187. The quantitative estimate of drug-likeness (QED) is 0.807. The molecule has 0 heterocycles. The third kappa shape index (κ3) is 4.37. The van der Waals surface area contributed by atoms with Crippen LogP contribution in [0.5, 0.6) is 0 Å². The highest BCUT2D eigenvalue weighted by Gasteiger charge is 2.21. The normalized spacial score (nSPS) is 16.4. The molecule has 1 saturated carbocycles. The van der Waals surface area contributed by atoms with Crippen molar-refractivity contribution in [2.45, 2.75) is 44.9 Å². The van der Waals surface area contributed by atoms with Crippen molar-refractivity contribution in [3.8, 4) is 0 Å². The maximum atomic E-state index is 9.40. The number of rotatable bonds is 7. The monoisotopic (exact) mass is 282 g/mol. The number of anilines is 1. The Kier molecular flexibility index (Phi) is 5.08. The largest absolute Gasteiger partial charge is 0.393 e. The van der Waals surface area contributed by atoms with E-state index in [1.807, 2.05) is 26.1 Å². The van der Waals surface area contributed by atoms with Gasteiger partial charge in [0.05, 0.1) is 16.8 Å². The molecule has 1 aliphatic rings. The first-order valence-corrected chi connectivity index (χ1v) is 7.35. The average molecular weight is 283 g/mol. The molecule has 1 atom stereocenters. The van der Waals surface area contributed by atoms with Crippen LogP contribution in [0.3, 0.4) is 0 Å². The molecule has 1 unspecified atom stereocenters. The van der Waals surface area contributed by atoms with Crippen molar-refractivity contribution in [3.05, 3.63) is 28.8 Å². The van der Waals surface area contributed by atoms with Gasteiger partial charge in [-0.15, -0.1) is 0 Å². The highest BCUT2D eigenvalue weighted by Crippen LogP contribution is 2.30. The number of aliphatic hydroxyl groups excluding tert-OH is 1. The second kappa shape index (κ2) is 6.60. The molecule has 4 heteroatoms. The Balaban J connectivity index is 2.06. The number of hydrogen-bond acceptors (Lipinski definition) is 3. The van der Waals surface area contributed by atoms with Crippen molar-refractivity contribution in [2.24, 2.45) is 0 Å². The van der Waals surface area contributed by atoms with Gasteiger partial charge < -0.3 is 15.3 Å². The Morgan fingerprint density at radius 1 is 1.47 bits per heavy atom. The molecular weight excluding hydrogens is 260 g/mol. The predicted molar refractivity (Wildman–Crippen MR) is 80.9 cm³/mol. The number of aliphatic hydroxyl groups is 1. The van der Waals surface area contributed by atoms with E-state index in [0.717, 1.165) is 30.2 Å². The van der Waals surface area contributed by atoms with E-state index >= 15 is 0 Å². The van der Waals surface area contributed by atoms with Gasteiger partial charge in [0.15, 0.2) is 0 Å². The summed E-state index contributed by atoms with van der Waals surface area (Å²) in [6.07, 6.45) is 3.04. The minimum absolute atomic E-state index is 0.280. The Morgan fingerprint density at radius 2 is 2.21 bits per heavy atom. The van der Waals surface area contributed by atoms with Crippen molar-refractivity contribution in [2.75, 3.05) is 18.5 Å². The fourth-order valence-corrected chi connectivity index (χ4v) is 2.50. The van der Waals surface area contributed by atoms with Crippen LogP contribution in [0.4, 0.5) is 5.69 Å². The lowest BCUT2D eigenvalue weighted by atomic mass is 10.1. The Labute approximate surface area is 120 Å². The van der Waals surface area contributed by atoms with Crippen molar-refractivity contribution in [3.63, 3.8) is 0 Å². The summed E-state index contributed by atoms with van der Waals surface area (Å²) < 4.78 is 0. The first kappa shape index (κ1) is 14.6. The zero-order valence-electron chi connectivity index (χ0n) is 11.7. The average Bonchev–Trinajstić information content (AvgIpc) is 3.17. The topological polar surface area (TPSA) is 35.5 Å². The summed E-state index contributed by atoms with van der Waals surface area (Å²) in [5, 5.41) is 13.7. The molecule has 0 bridgehead atoms. The van der Waals surface area contributed by atoms with Gasteiger partial charge in [0.25, 0.3) is 0 Å². The summed E-state index contributed by atoms with van der Waals surface area (Å²) in [5.74, 6) is 0. The smallest absolute Gasteiger partial charge is 0.0642 e. The second-order valence-corrected chi connectivity index (χ2v) is 5.87. The Hall–Kier alpha value is -0.770. The van der Waals surface area contributed by atoms with Crippen LogP contribution in [0, 0.1) is 0 Å². The zero-order chi connectivity index (χ0) is 13.8. The number of hydrogen-bond donors (Lipinski definition) is 2. The van der Waals surface area contributed by atoms with Crippen LogP contribution in [0.2, 0.25) is 5.02 Å². The van der Waals surface area contributed by atoms with Crippen LogP contribution in [-0.4, -0.2) is 30.8 Å². The third-order valence-electron chi connectivity index (χ3n) is 3.49. The standard InChI is InChI=1S/C15H23ClN2O/c1-11(19)8-9-18(2)15-12(4-3-5-14(15)16)10-17-13-6-7-13/h3-5,11,13,17,19H,6-10H2,1-2H3. The summed E-state index contributed by atoms with van der Waals surface area (Å²) >= 11 is 6.34. The minimum Gasteiger partial charge on any atom is -0.393 e. The fourth-order valence-electron chi connectivity index (χ4n) is 2.16. The molecular formula is C15H23ClN2O. The van der Waals surface area contributed by atoms with Crippen molar-refractivity contribution >= 4 is 17.3 Å². The van der Waals surface area contributed by atoms with E-state index in [1.54, 1.807) is 0 Å². The molecule has 0 spiro atoms. The van der Waals surface area contributed by atoms with Gasteiger partial charge >= 0.3 is 0 Å². The molecule has 0 saturated heterocycles. The van der Waals surface area contributed by atoms with Crippen LogP contribution in [0.25, 0.3) is 0 Å². The van der Waals surface area contributed by atoms with Gasteiger partial charge in [-0.2, -0.15) is 0 Å². The first-order valence-electron chi connectivity index (χ1n) is 6.98. The summed E-state index contributed by atoms with van der Waals surface area (Å²) in [6.45, 7) is 3.48. The second-order valence-electron chi connectivity index (χ2n) is 5.46.